The van der Waals surface area contributed by atoms with Gasteiger partial charge in [0.25, 0.3) is 0 Å². The summed E-state index contributed by atoms with van der Waals surface area (Å²) in [5.74, 6) is 0. The number of aryl methyl sites for hydroxylation is 1. The summed E-state index contributed by atoms with van der Waals surface area (Å²) >= 11 is 0. The average Bonchev–Trinajstić information content (AvgIpc) is 2.84. The molecule has 1 heterocycles. The van der Waals surface area contributed by atoms with Gasteiger partial charge in [-0.05, 0) is 23.7 Å². The first kappa shape index (κ1) is 13.8. The first-order chi connectivity index (χ1) is 9.22. The van der Waals surface area contributed by atoms with Gasteiger partial charge in [0, 0.05) is 32.9 Å². The summed E-state index contributed by atoms with van der Waals surface area (Å²) in [6.45, 7) is 5.55. The lowest BCUT2D eigenvalue weighted by molar-refractivity contribution is 0.266. The minimum Gasteiger partial charge on any atom is -0.326 e. The van der Waals surface area contributed by atoms with Crippen LogP contribution < -0.4 is 5.73 Å². The van der Waals surface area contributed by atoms with Crippen LogP contribution in [-0.2, 0) is 26.7 Å². The van der Waals surface area contributed by atoms with Gasteiger partial charge >= 0.3 is 0 Å². The van der Waals surface area contributed by atoms with E-state index in [0.717, 1.165) is 25.3 Å². The van der Waals surface area contributed by atoms with Crippen LogP contribution in [0.2, 0.25) is 0 Å². The molecule has 0 amide bonds. The van der Waals surface area contributed by atoms with Crippen molar-refractivity contribution >= 4 is 0 Å². The molecule has 0 fully saturated rings. The van der Waals surface area contributed by atoms with Crippen molar-refractivity contribution < 1.29 is 0 Å². The highest BCUT2D eigenvalue weighted by molar-refractivity contribution is 5.26. The third-order valence-corrected chi connectivity index (χ3v) is 3.33. The number of benzene rings is 1. The highest BCUT2D eigenvalue weighted by Gasteiger charge is 2.09. The van der Waals surface area contributed by atoms with E-state index in [0.29, 0.717) is 6.54 Å². The van der Waals surface area contributed by atoms with E-state index in [9.17, 15) is 0 Å². The van der Waals surface area contributed by atoms with Crippen LogP contribution in [-0.4, -0.2) is 21.2 Å². The van der Waals surface area contributed by atoms with Crippen LogP contribution in [0.25, 0.3) is 0 Å². The topological polar surface area (TPSA) is 47.1 Å². The van der Waals surface area contributed by atoms with Gasteiger partial charge in [0.15, 0.2) is 0 Å². The highest BCUT2D eigenvalue weighted by Crippen LogP contribution is 2.13. The number of hydrogen-bond acceptors (Lipinski definition) is 3. The molecule has 0 aliphatic heterocycles. The zero-order valence-electron chi connectivity index (χ0n) is 11.7. The Bertz CT molecular complexity index is 518. The molecule has 1 aromatic heterocycles. The van der Waals surface area contributed by atoms with Crippen molar-refractivity contribution in [2.24, 2.45) is 12.8 Å². The monoisotopic (exact) mass is 258 g/mol. The molecule has 2 aromatic rings. The van der Waals surface area contributed by atoms with Gasteiger partial charge in [-0.1, -0.05) is 31.2 Å². The summed E-state index contributed by atoms with van der Waals surface area (Å²) in [6, 6.07) is 10.4. The molecular weight excluding hydrogens is 236 g/mol. The van der Waals surface area contributed by atoms with Gasteiger partial charge in [0.1, 0.15) is 0 Å². The fourth-order valence-electron chi connectivity index (χ4n) is 2.21. The van der Waals surface area contributed by atoms with Crippen LogP contribution in [0.15, 0.2) is 36.5 Å². The van der Waals surface area contributed by atoms with Gasteiger partial charge in [-0.3, -0.25) is 9.58 Å². The Kier molecular flexibility index (Phi) is 4.71. The van der Waals surface area contributed by atoms with Crippen LogP contribution in [0.1, 0.15) is 23.7 Å². The van der Waals surface area contributed by atoms with E-state index in [-0.39, 0.29) is 0 Å². The van der Waals surface area contributed by atoms with Crippen LogP contribution in [0.3, 0.4) is 0 Å². The van der Waals surface area contributed by atoms with Crippen LogP contribution in [0, 0.1) is 0 Å². The van der Waals surface area contributed by atoms with E-state index in [4.69, 9.17) is 5.73 Å². The minimum atomic E-state index is 0.595. The lowest BCUT2D eigenvalue weighted by Gasteiger charge is -2.20. The second kappa shape index (κ2) is 6.50. The van der Waals surface area contributed by atoms with Crippen LogP contribution >= 0.6 is 0 Å². The summed E-state index contributed by atoms with van der Waals surface area (Å²) < 4.78 is 1.84. The molecular formula is C15H22N4. The smallest absolute Gasteiger partial charge is 0.0764 e. The number of nitrogens with two attached hydrogens (primary N) is 1. The Morgan fingerprint density at radius 1 is 1.16 bits per heavy atom. The van der Waals surface area contributed by atoms with Crippen molar-refractivity contribution in [1.82, 2.24) is 14.7 Å². The average molecular weight is 258 g/mol. The molecule has 0 unspecified atom stereocenters. The zero-order valence-corrected chi connectivity index (χ0v) is 11.7. The Hall–Kier alpha value is -1.65. The molecule has 2 rings (SSSR count). The molecule has 2 N–H and O–H groups in total. The molecule has 0 atom stereocenters. The van der Waals surface area contributed by atoms with E-state index in [1.165, 1.54) is 11.1 Å². The third-order valence-electron chi connectivity index (χ3n) is 3.33. The molecule has 0 saturated heterocycles. The molecule has 4 nitrogen and oxygen atoms in total. The lowest BCUT2D eigenvalue weighted by atomic mass is 10.1. The standard InChI is InChI=1S/C15H22N4/c1-3-19(12-15-8-9-18(2)17-15)11-14-7-5-4-6-13(14)10-16/h4-9H,3,10-12,16H2,1-2H3. The van der Waals surface area contributed by atoms with E-state index >= 15 is 0 Å². The Balaban J connectivity index is 2.06. The Morgan fingerprint density at radius 2 is 1.89 bits per heavy atom. The summed E-state index contributed by atoms with van der Waals surface area (Å²) in [5.41, 5.74) is 9.43. The molecule has 0 radical (unpaired) electrons. The van der Waals surface area contributed by atoms with Crippen molar-refractivity contribution in [2.75, 3.05) is 6.54 Å². The fourth-order valence-corrected chi connectivity index (χ4v) is 2.21. The van der Waals surface area contributed by atoms with Crippen molar-refractivity contribution in [3.8, 4) is 0 Å². The predicted octanol–water partition coefficient (Wildman–Crippen LogP) is 1.90. The SMILES string of the molecule is CCN(Cc1ccn(C)n1)Cc1ccccc1CN. The summed E-state index contributed by atoms with van der Waals surface area (Å²) in [4.78, 5) is 2.37. The van der Waals surface area contributed by atoms with Crippen LogP contribution in [0.5, 0.6) is 0 Å². The molecule has 0 aliphatic rings. The van der Waals surface area contributed by atoms with Crippen molar-refractivity contribution in [3.63, 3.8) is 0 Å². The van der Waals surface area contributed by atoms with Gasteiger partial charge in [0.05, 0.1) is 5.69 Å². The number of rotatable bonds is 6. The maximum absolute atomic E-state index is 5.79. The van der Waals surface area contributed by atoms with Gasteiger partial charge < -0.3 is 5.73 Å². The van der Waals surface area contributed by atoms with E-state index < -0.39 is 0 Å². The molecule has 0 aliphatic carbocycles. The summed E-state index contributed by atoms with van der Waals surface area (Å²) in [5, 5.41) is 4.43. The normalized spacial score (nSPS) is 11.2. The zero-order chi connectivity index (χ0) is 13.7. The largest absolute Gasteiger partial charge is 0.326 e. The van der Waals surface area contributed by atoms with E-state index in [2.05, 4.69) is 41.2 Å². The number of aromatic nitrogens is 2. The third kappa shape index (κ3) is 3.66. The van der Waals surface area contributed by atoms with Crippen LogP contribution in [0.4, 0.5) is 0 Å². The van der Waals surface area contributed by atoms with Crippen molar-refractivity contribution in [1.29, 1.82) is 0 Å². The van der Waals surface area contributed by atoms with Gasteiger partial charge in [0.2, 0.25) is 0 Å². The molecule has 0 bridgehead atoms. The van der Waals surface area contributed by atoms with Crippen molar-refractivity contribution in [3.05, 3.63) is 53.3 Å². The second-order valence-corrected chi connectivity index (χ2v) is 4.76. The fraction of sp³-hybridized carbons (Fsp3) is 0.400. The Morgan fingerprint density at radius 3 is 2.47 bits per heavy atom. The minimum absolute atomic E-state index is 0.595. The van der Waals surface area contributed by atoms with Gasteiger partial charge in [-0.2, -0.15) is 5.10 Å². The molecule has 0 spiro atoms. The van der Waals surface area contributed by atoms with E-state index in [1.54, 1.807) is 0 Å². The number of nitrogens with zero attached hydrogens (tertiary/aromatic N) is 3. The number of hydrogen-bond donors (Lipinski definition) is 1. The quantitative estimate of drug-likeness (QED) is 0.861. The molecule has 102 valence electrons. The van der Waals surface area contributed by atoms with Gasteiger partial charge in [-0.25, -0.2) is 0 Å². The predicted molar refractivity (Wildman–Crippen MR) is 77.3 cm³/mol. The highest BCUT2D eigenvalue weighted by atomic mass is 15.3. The Labute approximate surface area is 114 Å². The van der Waals surface area contributed by atoms with Crippen molar-refractivity contribution in [2.45, 2.75) is 26.6 Å². The maximum Gasteiger partial charge on any atom is 0.0764 e. The van der Waals surface area contributed by atoms with Gasteiger partial charge in [-0.15, -0.1) is 0 Å². The first-order valence-corrected chi connectivity index (χ1v) is 6.70. The molecule has 4 heteroatoms. The molecule has 19 heavy (non-hydrogen) atoms. The first-order valence-electron chi connectivity index (χ1n) is 6.70. The lowest BCUT2D eigenvalue weighted by Crippen LogP contribution is -2.23. The summed E-state index contributed by atoms with van der Waals surface area (Å²) in [7, 11) is 1.95. The maximum atomic E-state index is 5.79. The molecule has 0 saturated carbocycles. The van der Waals surface area contributed by atoms with E-state index in [1.807, 2.05) is 24.0 Å². The second-order valence-electron chi connectivity index (χ2n) is 4.76. The summed E-state index contributed by atoms with van der Waals surface area (Å²) in [6.07, 6.45) is 1.98. The molecule has 1 aromatic carbocycles.